The number of halogens is 1. The molecule has 0 aromatic rings. The molecule has 1 nitrogen and oxygen atoms in total. The molecule has 1 unspecified atom stereocenters. The van der Waals surface area contributed by atoms with Crippen LogP contribution in [-0.2, 0) is 0 Å². The fraction of sp³-hybridized carbons (Fsp3) is 0.800. The highest BCUT2D eigenvalue weighted by atomic mass is 19.1. The Morgan fingerprint density at radius 3 is 3.00 bits per heavy atom. The van der Waals surface area contributed by atoms with Crippen LogP contribution in [0.3, 0.4) is 0 Å². The summed E-state index contributed by atoms with van der Waals surface area (Å²) in [5, 5.41) is 3.08. The van der Waals surface area contributed by atoms with Crippen LogP contribution in [0.25, 0.3) is 0 Å². The number of unbranched alkanes of at least 4 members (excludes halogenated alkanes) is 1. The van der Waals surface area contributed by atoms with Gasteiger partial charge in [0.05, 0.1) is 0 Å². The Morgan fingerprint density at radius 2 is 2.42 bits per heavy atom. The minimum Gasteiger partial charge on any atom is -0.314 e. The second-order valence-electron chi connectivity index (χ2n) is 3.49. The number of hydrogen-bond donors (Lipinski definition) is 1. The third kappa shape index (κ3) is 2.83. The number of hydrogen-bond acceptors (Lipinski definition) is 1. The highest BCUT2D eigenvalue weighted by Crippen LogP contribution is 2.26. The van der Waals surface area contributed by atoms with E-state index < -0.39 is 5.67 Å². The molecule has 0 spiro atoms. The molecule has 0 radical (unpaired) electrons. The zero-order chi connectivity index (χ0) is 8.86. The van der Waals surface area contributed by atoms with Crippen molar-refractivity contribution >= 4 is 0 Å². The van der Waals surface area contributed by atoms with E-state index >= 15 is 0 Å². The molecule has 12 heavy (non-hydrogen) atoms. The Kier molecular flexibility index (Phi) is 3.55. The SMILES string of the molecule is C#CCCCC1(F)CCCNC1. The molecule has 0 amide bonds. The number of nitrogens with one attached hydrogen (secondary N) is 1. The first-order valence-electron chi connectivity index (χ1n) is 4.60. The van der Waals surface area contributed by atoms with Crippen LogP contribution >= 0.6 is 0 Å². The number of piperidine rings is 1. The molecule has 1 N–H and O–H groups in total. The molecule has 1 aliphatic heterocycles. The fourth-order valence-corrected chi connectivity index (χ4v) is 1.65. The second-order valence-corrected chi connectivity index (χ2v) is 3.49. The molecule has 1 aliphatic rings. The zero-order valence-electron chi connectivity index (χ0n) is 7.41. The van der Waals surface area contributed by atoms with Crippen LogP contribution < -0.4 is 5.32 Å². The van der Waals surface area contributed by atoms with Gasteiger partial charge in [-0.2, -0.15) is 0 Å². The number of rotatable bonds is 3. The lowest BCUT2D eigenvalue weighted by Gasteiger charge is -2.29. The Balaban J connectivity index is 2.23. The fourth-order valence-electron chi connectivity index (χ4n) is 1.65. The Morgan fingerprint density at radius 1 is 1.58 bits per heavy atom. The van der Waals surface area contributed by atoms with E-state index in [4.69, 9.17) is 6.42 Å². The molecule has 0 saturated carbocycles. The predicted octanol–water partition coefficient (Wildman–Crippen LogP) is 1.88. The lowest BCUT2D eigenvalue weighted by molar-refractivity contribution is 0.109. The average Bonchev–Trinajstić information content (AvgIpc) is 2.06. The molecule has 0 aromatic heterocycles. The monoisotopic (exact) mass is 169 g/mol. The van der Waals surface area contributed by atoms with Crippen LogP contribution in [0.4, 0.5) is 4.39 Å². The summed E-state index contributed by atoms with van der Waals surface area (Å²) in [5.74, 6) is 2.54. The van der Waals surface area contributed by atoms with Gasteiger partial charge in [-0.1, -0.05) is 0 Å². The van der Waals surface area contributed by atoms with Crippen molar-refractivity contribution in [2.75, 3.05) is 13.1 Å². The first kappa shape index (κ1) is 9.54. The Hall–Kier alpha value is -0.550. The minimum atomic E-state index is -0.977. The summed E-state index contributed by atoms with van der Waals surface area (Å²) in [6.07, 6.45) is 8.88. The van der Waals surface area contributed by atoms with Gasteiger partial charge < -0.3 is 5.32 Å². The molecule has 0 bridgehead atoms. The van der Waals surface area contributed by atoms with E-state index in [2.05, 4.69) is 11.2 Å². The first-order chi connectivity index (χ1) is 5.77. The van der Waals surface area contributed by atoms with Crippen molar-refractivity contribution in [2.45, 2.75) is 37.8 Å². The molecular formula is C10H16FN. The van der Waals surface area contributed by atoms with Gasteiger partial charge in [0.1, 0.15) is 5.67 Å². The highest BCUT2D eigenvalue weighted by molar-refractivity contribution is 4.89. The quantitative estimate of drug-likeness (QED) is 0.502. The summed E-state index contributed by atoms with van der Waals surface area (Å²) in [4.78, 5) is 0. The topological polar surface area (TPSA) is 12.0 Å². The van der Waals surface area contributed by atoms with Gasteiger partial charge in [-0.3, -0.25) is 0 Å². The molecule has 0 aliphatic carbocycles. The predicted molar refractivity (Wildman–Crippen MR) is 48.6 cm³/mol. The van der Waals surface area contributed by atoms with E-state index in [9.17, 15) is 4.39 Å². The summed E-state index contributed by atoms with van der Waals surface area (Å²) >= 11 is 0. The van der Waals surface area contributed by atoms with Gasteiger partial charge in [-0.25, -0.2) is 4.39 Å². The van der Waals surface area contributed by atoms with Gasteiger partial charge in [-0.15, -0.1) is 12.3 Å². The normalized spacial score (nSPS) is 29.7. The molecule has 1 saturated heterocycles. The van der Waals surface area contributed by atoms with E-state index in [0.29, 0.717) is 25.8 Å². The Labute approximate surface area is 73.7 Å². The summed E-state index contributed by atoms with van der Waals surface area (Å²) in [6, 6.07) is 0. The van der Waals surface area contributed by atoms with Crippen molar-refractivity contribution in [3.8, 4) is 12.3 Å². The van der Waals surface area contributed by atoms with Crippen LogP contribution in [0.15, 0.2) is 0 Å². The molecule has 1 rings (SSSR count). The van der Waals surface area contributed by atoms with Crippen molar-refractivity contribution in [1.82, 2.24) is 5.32 Å². The van der Waals surface area contributed by atoms with Gasteiger partial charge in [0, 0.05) is 13.0 Å². The largest absolute Gasteiger partial charge is 0.314 e. The maximum absolute atomic E-state index is 13.8. The van der Waals surface area contributed by atoms with Crippen LogP contribution in [-0.4, -0.2) is 18.8 Å². The highest BCUT2D eigenvalue weighted by Gasteiger charge is 2.30. The average molecular weight is 169 g/mol. The Bertz CT molecular complexity index is 165. The smallest absolute Gasteiger partial charge is 0.123 e. The summed E-state index contributed by atoms with van der Waals surface area (Å²) in [7, 11) is 0. The maximum Gasteiger partial charge on any atom is 0.123 e. The molecule has 1 atom stereocenters. The van der Waals surface area contributed by atoms with Gasteiger partial charge >= 0.3 is 0 Å². The lowest BCUT2D eigenvalue weighted by atomic mass is 9.91. The minimum absolute atomic E-state index is 0.511. The summed E-state index contributed by atoms with van der Waals surface area (Å²) < 4.78 is 13.8. The molecule has 2 heteroatoms. The summed E-state index contributed by atoms with van der Waals surface area (Å²) in [6.45, 7) is 1.47. The first-order valence-corrected chi connectivity index (χ1v) is 4.60. The maximum atomic E-state index is 13.8. The van der Waals surface area contributed by atoms with Crippen molar-refractivity contribution in [3.05, 3.63) is 0 Å². The van der Waals surface area contributed by atoms with Gasteiger partial charge in [0.15, 0.2) is 0 Å². The third-order valence-corrected chi connectivity index (χ3v) is 2.37. The number of alkyl halides is 1. The van der Waals surface area contributed by atoms with Crippen molar-refractivity contribution in [1.29, 1.82) is 0 Å². The third-order valence-electron chi connectivity index (χ3n) is 2.37. The van der Waals surface area contributed by atoms with Crippen molar-refractivity contribution in [2.24, 2.45) is 0 Å². The van der Waals surface area contributed by atoms with Gasteiger partial charge in [0.2, 0.25) is 0 Å². The molecular weight excluding hydrogens is 153 g/mol. The molecule has 1 heterocycles. The van der Waals surface area contributed by atoms with Crippen molar-refractivity contribution in [3.63, 3.8) is 0 Å². The van der Waals surface area contributed by atoms with Crippen LogP contribution in [0, 0.1) is 12.3 Å². The number of terminal acetylenes is 1. The van der Waals surface area contributed by atoms with Crippen molar-refractivity contribution < 1.29 is 4.39 Å². The zero-order valence-corrected chi connectivity index (χ0v) is 7.41. The van der Waals surface area contributed by atoms with E-state index in [0.717, 1.165) is 19.4 Å². The van der Waals surface area contributed by atoms with E-state index in [1.165, 1.54) is 0 Å². The standard InChI is InChI=1S/C10H16FN/c1-2-3-4-6-10(11)7-5-8-12-9-10/h1,12H,3-9H2. The second kappa shape index (κ2) is 4.47. The van der Waals surface area contributed by atoms with Gasteiger partial charge in [0.25, 0.3) is 0 Å². The van der Waals surface area contributed by atoms with Crippen LogP contribution in [0.5, 0.6) is 0 Å². The van der Waals surface area contributed by atoms with Crippen LogP contribution in [0.1, 0.15) is 32.1 Å². The van der Waals surface area contributed by atoms with E-state index in [-0.39, 0.29) is 0 Å². The van der Waals surface area contributed by atoms with Gasteiger partial charge in [-0.05, 0) is 32.2 Å². The lowest BCUT2D eigenvalue weighted by Crippen LogP contribution is -2.42. The summed E-state index contributed by atoms with van der Waals surface area (Å²) in [5.41, 5.74) is -0.977. The van der Waals surface area contributed by atoms with E-state index in [1.54, 1.807) is 0 Å². The van der Waals surface area contributed by atoms with E-state index in [1.807, 2.05) is 0 Å². The molecule has 0 aromatic carbocycles. The molecule has 1 fully saturated rings. The molecule has 68 valence electrons. The van der Waals surface area contributed by atoms with Crippen LogP contribution in [0.2, 0.25) is 0 Å².